The van der Waals surface area contributed by atoms with Crippen LogP contribution < -0.4 is 15.4 Å². The van der Waals surface area contributed by atoms with Crippen LogP contribution in [0.15, 0.2) is 23.2 Å². The van der Waals surface area contributed by atoms with Gasteiger partial charge in [-0.05, 0) is 37.3 Å². The summed E-state index contributed by atoms with van der Waals surface area (Å²) in [4.78, 5) is 4.15. The van der Waals surface area contributed by atoms with E-state index in [0.29, 0.717) is 31.6 Å². The average molecular weight is 525 g/mol. The predicted octanol–water partition coefficient (Wildman–Crippen LogP) is 3.53. The second kappa shape index (κ2) is 14.0. The van der Waals surface area contributed by atoms with Gasteiger partial charge in [0.25, 0.3) is 0 Å². The molecule has 8 heteroatoms. The second-order valence-electron chi connectivity index (χ2n) is 7.08. The van der Waals surface area contributed by atoms with E-state index in [1.165, 1.54) is 0 Å². The van der Waals surface area contributed by atoms with Crippen LogP contribution in [0.5, 0.6) is 5.75 Å². The van der Waals surface area contributed by atoms with Crippen LogP contribution in [0.2, 0.25) is 0 Å². The standard InChI is InChI=1S/C20H35N3O3S.HI/c1-6-27(24,25)13-11-22-20(21-5)23-15-18-10-9-17(4)14-19(18)26-12-7-8-16(2)3;/h9-10,14,16H,6-8,11-13,15H2,1-5H3,(H2,21,22,23);1H. The van der Waals surface area contributed by atoms with Gasteiger partial charge in [-0.15, -0.1) is 24.0 Å². The van der Waals surface area contributed by atoms with Crippen LogP contribution in [0.3, 0.4) is 0 Å². The third-order valence-corrected chi connectivity index (χ3v) is 5.93. The molecule has 0 aliphatic heterocycles. The molecule has 0 saturated heterocycles. The number of hydrogen-bond donors (Lipinski definition) is 2. The van der Waals surface area contributed by atoms with Crippen LogP contribution in [0.25, 0.3) is 0 Å². The molecule has 0 bridgehead atoms. The fourth-order valence-corrected chi connectivity index (χ4v) is 3.19. The first-order chi connectivity index (χ1) is 12.8. The molecule has 0 aliphatic rings. The van der Waals surface area contributed by atoms with E-state index in [0.717, 1.165) is 29.7 Å². The number of aryl methyl sites for hydroxylation is 1. The van der Waals surface area contributed by atoms with E-state index < -0.39 is 9.84 Å². The number of guanidine groups is 1. The lowest BCUT2D eigenvalue weighted by molar-refractivity contribution is 0.294. The topological polar surface area (TPSA) is 79.8 Å². The van der Waals surface area contributed by atoms with Gasteiger partial charge in [-0.3, -0.25) is 4.99 Å². The minimum Gasteiger partial charge on any atom is -0.493 e. The number of halogens is 1. The van der Waals surface area contributed by atoms with E-state index >= 15 is 0 Å². The number of ether oxygens (including phenoxy) is 1. The summed E-state index contributed by atoms with van der Waals surface area (Å²) in [5.41, 5.74) is 2.21. The summed E-state index contributed by atoms with van der Waals surface area (Å²) in [5.74, 6) is 2.39. The van der Waals surface area contributed by atoms with Crippen LogP contribution in [0.4, 0.5) is 0 Å². The smallest absolute Gasteiger partial charge is 0.191 e. The number of sulfone groups is 1. The molecule has 1 rings (SSSR count). The minimum absolute atomic E-state index is 0. The zero-order valence-electron chi connectivity index (χ0n) is 17.7. The van der Waals surface area contributed by atoms with Gasteiger partial charge in [0.05, 0.1) is 12.4 Å². The van der Waals surface area contributed by atoms with Gasteiger partial charge < -0.3 is 15.4 Å². The molecule has 0 aromatic heterocycles. The SMILES string of the molecule is CCS(=O)(=O)CCNC(=NC)NCc1ccc(C)cc1OCCCC(C)C.I. The summed E-state index contributed by atoms with van der Waals surface area (Å²) in [6.45, 7) is 9.73. The Morgan fingerprint density at radius 3 is 2.57 bits per heavy atom. The number of rotatable bonds is 11. The van der Waals surface area contributed by atoms with Gasteiger partial charge in [-0.1, -0.05) is 32.9 Å². The van der Waals surface area contributed by atoms with Crippen LogP contribution in [0.1, 0.15) is 44.7 Å². The number of benzene rings is 1. The fraction of sp³-hybridized carbons (Fsp3) is 0.650. The van der Waals surface area contributed by atoms with Crippen molar-refractivity contribution in [3.63, 3.8) is 0 Å². The van der Waals surface area contributed by atoms with Crippen molar-refractivity contribution in [1.29, 1.82) is 0 Å². The lowest BCUT2D eigenvalue weighted by Crippen LogP contribution is -2.39. The zero-order valence-corrected chi connectivity index (χ0v) is 20.9. The molecule has 6 nitrogen and oxygen atoms in total. The fourth-order valence-electron chi connectivity index (χ4n) is 2.48. The highest BCUT2D eigenvalue weighted by Gasteiger charge is 2.09. The predicted molar refractivity (Wildman–Crippen MR) is 129 cm³/mol. The zero-order chi connectivity index (χ0) is 20.3. The Bertz CT molecular complexity index is 707. The molecular weight excluding hydrogens is 489 g/mol. The van der Waals surface area contributed by atoms with Gasteiger partial charge in [0.15, 0.2) is 15.8 Å². The first-order valence-corrected chi connectivity index (χ1v) is 11.5. The highest BCUT2D eigenvalue weighted by molar-refractivity contribution is 14.0. The van der Waals surface area contributed by atoms with Gasteiger partial charge in [-0.2, -0.15) is 0 Å². The summed E-state index contributed by atoms with van der Waals surface area (Å²) >= 11 is 0. The van der Waals surface area contributed by atoms with E-state index in [1.54, 1.807) is 14.0 Å². The molecule has 0 unspecified atom stereocenters. The van der Waals surface area contributed by atoms with Gasteiger partial charge in [0.1, 0.15) is 5.75 Å². The van der Waals surface area contributed by atoms with Crippen molar-refractivity contribution in [2.45, 2.75) is 47.1 Å². The summed E-state index contributed by atoms with van der Waals surface area (Å²) in [6.07, 6.45) is 2.18. The van der Waals surface area contributed by atoms with E-state index in [1.807, 2.05) is 6.92 Å². The third kappa shape index (κ3) is 11.1. The van der Waals surface area contributed by atoms with E-state index in [9.17, 15) is 8.42 Å². The molecule has 0 amide bonds. The van der Waals surface area contributed by atoms with Crippen molar-refractivity contribution < 1.29 is 13.2 Å². The number of nitrogens with one attached hydrogen (secondary N) is 2. The van der Waals surface area contributed by atoms with E-state index in [4.69, 9.17) is 4.74 Å². The maximum absolute atomic E-state index is 11.6. The van der Waals surface area contributed by atoms with Crippen LogP contribution in [-0.2, 0) is 16.4 Å². The van der Waals surface area contributed by atoms with Crippen molar-refractivity contribution in [1.82, 2.24) is 10.6 Å². The first-order valence-electron chi connectivity index (χ1n) is 9.64. The van der Waals surface area contributed by atoms with Gasteiger partial charge >= 0.3 is 0 Å². The molecule has 28 heavy (non-hydrogen) atoms. The highest BCUT2D eigenvalue weighted by Crippen LogP contribution is 2.21. The molecule has 1 aromatic carbocycles. The van der Waals surface area contributed by atoms with Gasteiger partial charge in [-0.25, -0.2) is 8.42 Å². The molecule has 2 N–H and O–H groups in total. The first kappa shape index (κ1) is 27.0. The quantitative estimate of drug-likeness (QED) is 0.200. The number of hydrogen-bond acceptors (Lipinski definition) is 4. The Labute approximate surface area is 187 Å². The summed E-state index contributed by atoms with van der Waals surface area (Å²) in [7, 11) is -1.32. The highest BCUT2D eigenvalue weighted by atomic mass is 127. The lowest BCUT2D eigenvalue weighted by atomic mass is 10.1. The Hall–Kier alpha value is -1.03. The maximum atomic E-state index is 11.6. The monoisotopic (exact) mass is 525 g/mol. The molecule has 0 fully saturated rings. The van der Waals surface area contributed by atoms with Crippen LogP contribution in [0, 0.1) is 12.8 Å². The van der Waals surface area contributed by atoms with Crippen molar-refractivity contribution in [2.24, 2.45) is 10.9 Å². The molecule has 0 radical (unpaired) electrons. The Morgan fingerprint density at radius 2 is 1.96 bits per heavy atom. The van der Waals surface area contributed by atoms with Crippen molar-refractivity contribution in [3.8, 4) is 5.75 Å². The minimum atomic E-state index is -2.99. The van der Waals surface area contributed by atoms with Gasteiger partial charge in [0, 0.05) is 31.5 Å². The van der Waals surface area contributed by atoms with Crippen molar-refractivity contribution in [3.05, 3.63) is 29.3 Å². The Morgan fingerprint density at radius 1 is 1.25 bits per heavy atom. The molecule has 0 spiro atoms. The van der Waals surface area contributed by atoms with E-state index in [2.05, 4.69) is 47.7 Å². The van der Waals surface area contributed by atoms with Crippen LogP contribution in [-0.4, -0.2) is 46.1 Å². The molecule has 0 saturated carbocycles. The molecular formula is C20H36IN3O3S. The number of aliphatic imine (C=N–C) groups is 1. The normalized spacial score (nSPS) is 11.9. The van der Waals surface area contributed by atoms with Crippen molar-refractivity contribution in [2.75, 3.05) is 31.7 Å². The Kier molecular flexibility index (Phi) is 13.5. The van der Waals surface area contributed by atoms with E-state index in [-0.39, 0.29) is 35.5 Å². The second-order valence-corrected chi connectivity index (χ2v) is 9.56. The lowest BCUT2D eigenvalue weighted by Gasteiger charge is -2.16. The number of nitrogens with zero attached hydrogens (tertiary/aromatic N) is 1. The largest absolute Gasteiger partial charge is 0.493 e. The molecule has 0 aliphatic carbocycles. The maximum Gasteiger partial charge on any atom is 0.191 e. The molecule has 0 atom stereocenters. The molecule has 0 heterocycles. The summed E-state index contributed by atoms with van der Waals surface area (Å²) in [6, 6.07) is 6.16. The third-order valence-electron chi connectivity index (χ3n) is 4.22. The summed E-state index contributed by atoms with van der Waals surface area (Å²) < 4.78 is 29.1. The molecule has 1 aromatic rings. The van der Waals surface area contributed by atoms with Crippen molar-refractivity contribution >= 4 is 39.8 Å². The molecule has 162 valence electrons. The van der Waals surface area contributed by atoms with Gasteiger partial charge in [0.2, 0.25) is 0 Å². The average Bonchev–Trinajstić information content (AvgIpc) is 2.62. The van der Waals surface area contributed by atoms with Crippen LogP contribution >= 0.6 is 24.0 Å². The Balaban J connectivity index is 0.00000729. The summed E-state index contributed by atoms with van der Waals surface area (Å²) in [5, 5.41) is 6.27.